The monoisotopic (exact) mass is 546 g/mol. The van der Waals surface area contributed by atoms with Crippen LogP contribution in [0.4, 0.5) is 23.2 Å². The number of rotatable bonds is 3. The lowest BCUT2D eigenvalue weighted by Crippen LogP contribution is -2.64. The van der Waals surface area contributed by atoms with Gasteiger partial charge in [-0.15, -0.1) is 0 Å². The largest absolute Gasteiger partial charge is 0.625 e. The summed E-state index contributed by atoms with van der Waals surface area (Å²) in [5, 5.41) is -1.10. The molecule has 2 aromatic rings. The molecule has 8 nitrogen and oxygen atoms in total. The molecule has 1 amide bonds. The second-order valence-corrected chi connectivity index (χ2v) is 10.9. The van der Waals surface area contributed by atoms with Crippen molar-refractivity contribution in [3.63, 3.8) is 0 Å². The minimum Gasteiger partial charge on any atom is -0.625 e. The zero-order valence-electron chi connectivity index (χ0n) is 20.5. The number of nitrogens with zero attached hydrogens (tertiary/aromatic N) is 4. The van der Waals surface area contributed by atoms with Crippen LogP contribution < -0.4 is 10.5 Å². The van der Waals surface area contributed by atoms with Crippen molar-refractivity contribution < 1.29 is 31.8 Å². The van der Waals surface area contributed by atoms with E-state index in [9.17, 15) is 22.4 Å². The number of aliphatic imine (C=N–C) groups is 1. The fraction of sp³-hybridized carbons (Fsp3) is 0.480. The number of amides is 1. The van der Waals surface area contributed by atoms with Gasteiger partial charge in [0, 0.05) is 18.0 Å². The average Bonchev–Trinajstić information content (AvgIpc) is 3.27. The normalized spacial score (nSPS) is 30.9. The van der Waals surface area contributed by atoms with Crippen LogP contribution >= 0.6 is 0 Å². The zero-order valence-corrected chi connectivity index (χ0v) is 21.5. The third kappa shape index (κ3) is 3.54. The number of carbonyl (C=O) groups excluding carboxylic acids is 1. The number of aromatic nitrogens is 1. The lowest BCUT2D eigenvalue weighted by atomic mass is 9.98. The molecule has 1 aromatic heterocycles. The second kappa shape index (κ2) is 8.40. The summed E-state index contributed by atoms with van der Waals surface area (Å²) in [6.07, 6.45) is 0.797. The number of carbonyl (C=O) groups is 1. The molecule has 38 heavy (non-hydrogen) atoms. The van der Waals surface area contributed by atoms with Gasteiger partial charge < -0.3 is 35.2 Å². The van der Waals surface area contributed by atoms with Gasteiger partial charge in [0.1, 0.15) is 11.4 Å². The summed E-state index contributed by atoms with van der Waals surface area (Å²) in [4.78, 5) is 25.6. The van der Waals surface area contributed by atoms with Gasteiger partial charge >= 0.3 is 6.61 Å². The molecule has 0 bridgehead atoms. The molecule has 2 N–H and O–H groups in total. The van der Waals surface area contributed by atoms with Gasteiger partial charge in [0.2, 0.25) is 0 Å². The number of fused-ring (bicyclic) bond motifs is 6. The Morgan fingerprint density at radius 3 is 2.79 bits per heavy atom. The predicted molar refractivity (Wildman–Crippen MR) is 129 cm³/mol. The minimum atomic E-state index is -2.98. The first kappa shape index (κ1) is 25.1. The standard InChI is InChI=1S/C25H24F4N5O3Si/c1-11-10-36-20-6-13-5-14(37-22(26)27)3-4-16(13)25(20,38)34(11)21(35)17-7-15-18(9-31-17)32-23(30)33-12(2)24(28,29)8-19(15)33/h3-5,7,9,11-12,19-20,22H,6,8,10H2,1-2H3,(H2,30,32)/q-1/t11-,12+,19-,20-,25-/m1/s1. The number of pyridine rings is 1. The van der Waals surface area contributed by atoms with Gasteiger partial charge in [-0.25, -0.2) is 18.8 Å². The van der Waals surface area contributed by atoms with Crippen molar-refractivity contribution in [3.05, 3.63) is 52.8 Å². The number of halogens is 4. The summed E-state index contributed by atoms with van der Waals surface area (Å²) in [7, 11) is 3.84. The Hall–Kier alpha value is -3.19. The molecule has 1 aliphatic carbocycles. The number of ether oxygens (including phenoxy) is 2. The molecular formula is C25H24F4N5O3Si-. The summed E-state index contributed by atoms with van der Waals surface area (Å²) in [6.45, 7) is 0.507. The van der Waals surface area contributed by atoms with Gasteiger partial charge in [0.05, 0.1) is 36.7 Å². The highest BCUT2D eigenvalue weighted by Gasteiger charge is 2.55. The molecular weight excluding hydrogens is 522 g/mol. The first-order valence-corrected chi connectivity index (χ1v) is 12.7. The van der Waals surface area contributed by atoms with Gasteiger partial charge in [-0.3, -0.25) is 4.79 Å². The molecule has 0 spiro atoms. The Labute approximate surface area is 219 Å². The van der Waals surface area contributed by atoms with E-state index in [1.54, 1.807) is 11.0 Å². The molecule has 13 heteroatoms. The van der Waals surface area contributed by atoms with E-state index in [-0.39, 0.29) is 24.0 Å². The molecule has 2 radical (unpaired) electrons. The molecule has 4 heterocycles. The second-order valence-electron chi connectivity index (χ2n) is 10.2. The van der Waals surface area contributed by atoms with E-state index in [1.165, 1.54) is 36.2 Å². The number of benzene rings is 1. The quantitative estimate of drug-likeness (QED) is 0.470. The van der Waals surface area contributed by atoms with Crippen molar-refractivity contribution >= 4 is 27.8 Å². The zero-order chi connectivity index (χ0) is 27.1. The van der Waals surface area contributed by atoms with E-state index in [0.717, 1.165) is 0 Å². The highest BCUT2D eigenvalue weighted by molar-refractivity contribution is 6.19. The van der Waals surface area contributed by atoms with E-state index in [4.69, 9.17) is 10.5 Å². The van der Waals surface area contributed by atoms with Crippen molar-refractivity contribution in [2.75, 3.05) is 6.61 Å². The summed E-state index contributed by atoms with van der Waals surface area (Å²) in [6, 6.07) is 3.82. The summed E-state index contributed by atoms with van der Waals surface area (Å²) < 4.78 is 65.4. The first-order valence-electron chi connectivity index (χ1n) is 12.2. The van der Waals surface area contributed by atoms with Gasteiger partial charge in [-0.2, -0.15) is 8.78 Å². The molecule has 2 fully saturated rings. The Morgan fingerprint density at radius 2 is 2.05 bits per heavy atom. The Morgan fingerprint density at radius 1 is 1.29 bits per heavy atom. The van der Waals surface area contributed by atoms with Crippen LogP contribution in [0.3, 0.4) is 0 Å². The first-order chi connectivity index (χ1) is 17.9. The van der Waals surface area contributed by atoms with E-state index >= 15 is 0 Å². The third-order valence-electron chi connectivity index (χ3n) is 7.98. The molecule has 0 unspecified atom stereocenters. The molecule has 3 aliphatic heterocycles. The van der Waals surface area contributed by atoms with Crippen LogP contribution in [0.5, 0.6) is 5.75 Å². The number of nitrogens with two attached hydrogens (primary N) is 1. The number of hydrogen-bond acceptors (Lipinski definition) is 7. The van der Waals surface area contributed by atoms with E-state index < -0.39 is 54.3 Å². The number of guanidine groups is 1. The lowest BCUT2D eigenvalue weighted by molar-refractivity contribution is -0.0959. The van der Waals surface area contributed by atoms with Crippen molar-refractivity contribution in [2.24, 2.45) is 10.7 Å². The molecule has 6 rings (SSSR count). The molecule has 4 aliphatic rings. The van der Waals surface area contributed by atoms with Crippen molar-refractivity contribution in [1.82, 2.24) is 14.8 Å². The summed E-state index contributed by atoms with van der Waals surface area (Å²) in [5.74, 6) is -3.40. The fourth-order valence-corrected chi connectivity index (χ4v) is 6.92. The van der Waals surface area contributed by atoms with Crippen LogP contribution in [-0.4, -0.2) is 74.2 Å². The van der Waals surface area contributed by atoms with E-state index in [2.05, 4.69) is 25.0 Å². The molecule has 0 saturated carbocycles. The SMILES string of the molecule is C[C@@H]1CO[C@@H]2Cc3cc(OC(F)F)ccc3[C@]2([Si-])N1C(=O)c1cc2c(cn1)N=C(N)N1[C@@H]2CC(F)(F)[C@@H]1C. The maximum Gasteiger partial charge on any atom is 0.387 e. The van der Waals surface area contributed by atoms with Crippen LogP contribution in [0.15, 0.2) is 35.5 Å². The number of morpholine rings is 1. The predicted octanol–water partition coefficient (Wildman–Crippen LogP) is 3.22. The van der Waals surface area contributed by atoms with Gasteiger partial charge in [0.25, 0.3) is 11.8 Å². The molecule has 200 valence electrons. The van der Waals surface area contributed by atoms with Gasteiger partial charge in [-0.05, 0) is 44.0 Å². The average molecular weight is 547 g/mol. The highest BCUT2D eigenvalue weighted by Crippen LogP contribution is 2.50. The van der Waals surface area contributed by atoms with E-state index in [1.807, 2.05) is 6.92 Å². The summed E-state index contributed by atoms with van der Waals surface area (Å²) in [5.41, 5.74) is 8.28. The Balaban J connectivity index is 1.38. The van der Waals surface area contributed by atoms with Gasteiger partial charge in [-0.1, -0.05) is 16.8 Å². The van der Waals surface area contributed by atoms with Crippen molar-refractivity contribution in [3.8, 4) is 5.75 Å². The topological polar surface area (TPSA) is 93.3 Å². The van der Waals surface area contributed by atoms with Crippen LogP contribution in [0.2, 0.25) is 0 Å². The molecule has 5 atom stereocenters. The highest BCUT2D eigenvalue weighted by atomic mass is 28.1. The maximum atomic E-state index is 14.6. The van der Waals surface area contributed by atoms with Crippen LogP contribution in [0.25, 0.3) is 0 Å². The Bertz CT molecular complexity index is 1360. The van der Waals surface area contributed by atoms with Crippen LogP contribution in [0.1, 0.15) is 53.5 Å². The number of hydrogen-bond donors (Lipinski definition) is 1. The van der Waals surface area contributed by atoms with Crippen LogP contribution in [-0.2, 0) is 16.3 Å². The Kier molecular flexibility index (Phi) is 5.55. The lowest BCUT2D eigenvalue weighted by Gasteiger charge is -2.59. The third-order valence-corrected chi connectivity index (χ3v) is 8.82. The fourth-order valence-electron chi connectivity index (χ4n) is 6.17. The van der Waals surface area contributed by atoms with Crippen molar-refractivity contribution in [1.29, 1.82) is 0 Å². The molecule has 2 saturated heterocycles. The van der Waals surface area contributed by atoms with Crippen LogP contribution in [0, 0.1) is 0 Å². The maximum absolute atomic E-state index is 14.6. The smallest absolute Gasteiger partial charge is 0.387 e. The summed E-state index contributed by atoms with van der Waals surface area (Å²) >= 11 is 0. The van der Waals surface area contributed by atoms with Gasteiger partial charge in [0.15, 0.2) is 5.96 Å². The minimum absolute atomic E-state index is 0.00504. The number of alkyl halides is 4. The molecule has 1 aromatic carbocycles. The van der Waals surface area contributed by atoms with Crippen molar-refractivity contribution in [2.45, 2.75) is 68.6 Å². The van der Waals surface area contributed by atoms with E-state index in [0.29, 0.717) is 28.8 Å².